The topological polar surface area (TPSA) is 40.5 Å². The molecule has 2 N–H and O–H groups in total. The number of aliphatic hydroxyl groups excluding tert-OH is 2. The molecule has 0 saturated heterocycles. The molecule has 0 radical (unpaired) electrons. The molecule has 1 aliphatic carbocycles. The maximum absolute atomic E-state index is 9.88. The van der Waals surface area contributed by atoms with E-state index in [0.29, 0.717) is 6.42 Å². The molecule has 0 saturated carbocycles. The van der Waals surface area contributed by atoms with E-state index >= 15 is 0 Å². The largest absolute Gasteiger partial charge is 0.396 e. The van der Waals surface area contributed by atoms with Gasteiger partial charge in [0, 0.05) is 12.0 Å². The van der Waals surface area contributed by atoms with Crippen LogP contribution in [0.25, 0.3) is 98.0 Å². The van der Waals surface area contributed by atoms with Gasteiger partial charge in [-0.1, -0.05) is 123 Å². The number of benzene rings is 10. The Morgan fingerprint density at radius 1 is 0.404 bits per heavy atom. The Morgan fingerprint density at radius 2 is 0.808 bits per heavy atom. The van der Waals surface area contributed by atoms with E-state index in [1.165, 1.54) is 115 Å². The lowest BCUT2D eigenvalue weighted by Crippen LogP contribution is -2.15. The normalized spacial score (nSPS) is 13.8. The highest BCUT2D eigenvalue weighted by Crippen LogP contribution is 2.52. The number of hydrogen-bond donors (Lipinski definition) is 2. The monoisotopic (exact) mass is 668 g/mol. The van der Waals surface area contributed by atoms with Gasteiger partial charge in [-0.2, -0.15) is 0 Å². The van der Waals surface area contributed by atoms with Gasteiger partial charge in [-0.05, 0) is 151 Å². The van der Waals surface area contributed by atoms with E-state index in [-0.39, 0.29) is 18.6 Å². The van der Waals surface area contributed by atoms with Crippen molar-refractivity contribution in [2.45, 2.75) is 32.3 Å². The third-order valence-corrected chi connectivity index (χ3v) is 12.2. The fourth-order valence-electron chi connectivity index (χ4n) is 9.71. The molecule has 10 aromatic carbocycles. The van der Waals surface area contributed by atoms with Crippen molar-refractivity contribution in [2.75, 3.05) is 6.61 Å². The van der Waals surface area contributed by atoms with Gasteiger partial charge in [-0.3, -0.25) is 0 Å². The highest BCUT2D eigenvalue weighted by molar-refractivity contribution is 6.27. The Bertz CT molecular complexity index is 3050. The minimum atomic E-state index is -0.173. The molecule has 11 rings (SSSR count). The van der Waals surface area contributed by atoms with Gasteiger partial charge >= 0.3 is 0 Å². The molecule has 0 aromatic heterocycles. The van der Waals surface area contributed by atoms with Crippen LogP contribution in [0.3, 0.4) is 0 Å². The molecule has 2 heteroatoms. The molecule has 248 valence electrons. The smallest absolute Gasteiger partial charge is 0.0682 e. The van der Waals surface area contributed by atoms with Crippen molar-refractivity contribution in [2.24, 2.45) is 0 Å². The van der Waals surface area contributed by atoms with E-state index in [4.69, 9.17) is 0 Å². The molecule has 0 fully saturated rings. The molecule has 52 heavy (non-hydrogen) atoms. The molecule has 0 bridgehead atoms. The average Bonchev–Trinajstić information content (AvgIpc) is 3.40. The van der Waals surface area contributed by atoms with Crippen LogP contribution in [0.15, 0.2) is 133 Å². The van der Waals surface area contributed by atoms with Crippen molar-refractivity contribution < 1.29 is 10.2 Å². The maximum Gasteiger partial charge on any atom is 0.0682 e. The first-order valence-electron chi connectivity index (χ1n) is 18.3. The highest BCUT2D eigenvalue weighted by atomic mass is 16.3. The Labute approximate surface area is 301 Å². The van der Waals surface area contributed by atoms with Gasteiger partial charge in [0.25, 0.3) is 0 Å². The van der Waals surface area contributed by atoms with E-state index in [1.54, 1.807) is 0 Å². The fourth-order valence-corrected chi connectivity index (χ4v) is 9.71. The molecular formula is C50H36O2. The number of fused-ring (bicyclic) bond motifs is 3. The van der Waals surface area contributed by atoms with E-state index < -0.39 is 0 Å². The predicted molar refractivity (Wildman–Crippen MR) is 219 cm³/mol. The van der Waals surface area contributed by atoms with E-state index in [0.717, 1.165) is 5.56 Å². The summed E-state index contributed by atoms with van der Waals surface area (Å²) in [7, 11) is 0. The van der Waals surface area contributed by atoms with Crippen LogP contribution in [0.5, 0.6) is 0 Å². The first-order chi connectivity index (χ1) is 25.4. The third-order valence-electron chi connectivity index (χ3n) is 12.2. The molecule has 0 aliphatic heterocycles. The summed E-state index contributed by atoms with van der Waals surface area (Å²) in [5.41, 5.74) is 12.3. The van der Waals surface area contributed by atoms with Gasteiger partial charge in [0.2, 0.25) is 0 Å². The summed E-state index contributed by atoms with van der Waals surface area (Å²) >= 11 is 0. The molecule has 10 aromatic rings. The zero-order chi connectivity index (χ0) is 34.9. The van der Waals surface area contributed by atoms with Crippen molar-refractivity contribution >= 4 is 64.6 Å². The van der Waals surface area contributed by atoms with Crippen LogP contribution in [0.1, 0.15) is 36.1 Å². The van der Waals surface area contributed by atoms with Gasteiger partial charge in [0.05, 0.1) is 6.61 Å². The Balaban J connectivity index is 1.04. The zero-order valence-electron chi connectivity index (χ0n) is 29.2. The molecule has 0 unspecified atom stereocenters. The minimum absolute atomic E-state index is 0.0441. The van der Waals surface area contributed by atoms with E-state index in [9.17, 15) is 10.2 Å². The van der Waals surface area contributed by atoms with Gasteiger partial charge in [0.1, 0.15) is 0 Å². The number of aliphatic hydroxyl groups is 2. The lowest BCUT2D eigenvalue weighted by atomic mass is 9.80. The van der Waals surface area contributed by atoms with Gasteiger partial charge in [0.15, 0.2) is 0 Å². The van der Waals surface area contributed by atoms with Gasteiger partial charge in [-0.25, -0.2) is 0 Å². The van der Waals surface area contributed by atoms with Crippen LogP contribution < -0.4 is 0 Å². The first kappa shape index (κ1) is 29.9. The molecule has 0 spiro atoms. The molecule has 0 atom stereocenters. The van der Waals surface area contributed by atoms with Gasteiger partial charge in [-0.15, -0.1) is 0 Å². The molecule has 2 nitrogen and oxygen atoms in total. The molecule has 0 amide bonds. The predicted octanol–water partition coefficient (Wildman–Crippen LogP) is 12.1. The van der Waals surface area contributed by atoms with Crippen LogP contribution in [0, 0.1) is 0 Å². The second kappa shape index (κ2) is 10.6. The quantitative estimate of drug-likeness (QED) is 0.179. The number of rotatable bonds is 5. The Morgan fingerprint density at radius 3 is 1.27 bits per heavy atom. The second-order valence-electron chi connectivity index (χ2n) is 15.4. The van der Waals surface area contributed by atoms with Crippen LogP contribution in [-0.2, 0) is 18.4 Å². The Hall–Kier alpha value is -5.80. The van der Waals surface area contributed by atoms with E-state index in [2.05, 4.69) is 147 Å². The Kier molecular flexibility index (Phi) is 6.10. The van der Waals surface area contributed by atoms with Crippen molar-refractivity contribution in [1.29, 1.82) is 0 Å². The van der Waals surface area contributed by atoms with Gasteiger partial charge < -0.3 is 10.2 Å². The lowest BCUT2D eigenvalue weighted by molar-refractivity contribution is 0.282. The van der Waals surface area contributed by atoms with Crippen LogP contribution >= 0.6 is 0 Å². The summed E-state index contributed by atoms with van der Waals surface area (Å²) in [4.78, 5) is 0. The molecule has 1 aliphatic rings. The summed E-state index contributed by atoms with van der Waals surface area (Å²) in [6.07, 6.45) is 0.668. The highest BCUT2D eigenvalue weighted by Gasteiger charge is 2.36. The minimum Gasteiger partial charge on any atom is -0.396 e. The summed E-state index contributed by atoms with van der Waals surface area (Å²) < 4.78 is 0. The summed E-state index contributed by atoms with van der Waals surface area (Å²) in [6.45, 7) is 4.96. The van der Waals surface area contributed by atoms with Crippen molar-refractivity contribution in [3.63, 3.8) is 0 Å². The van der Waals surface area contributed by atoms with Crippen LogP contribution in [0.2, 0.25) is 0 Å². The SMILES string of the molecule is CC1(C)c2cc(-c3ccc4ccc5cc(CO)cc6ccc3c4c56)ccc2-c2ccc(-c3ccc4ccc5cc(CCO)cc6ccc3c4c56)cc21. The third kappa shape index (κ3) is 4.02. The van der Waals surface area contributed by atoms with Crippen molar-refractivity contribution in [3.05, 3.63) is 156 Å². The summed E-state index contributed by atoms with van der Waals surface area (Å²) in [5, 5.41) is 34.5. The fraction of sp³-hybridized carbons (Fsp3) is 0.120. The summed E-state index contributed by atoms with van der Waals surface area (Å²) in [5.74, 6) is 0. The summed E-state index contributed by atoms with van der Waals surface area (Å²) in [6, 6.07) is 49.9. The number of hydrogen-bond acceptors (Lipinski definition) is 2. The van der Waals surface area contributed by atoms with Crippen molar-refractivity contribution in [1.82, 2.24) is 0 Å². The average molecular weight is 669 g/mol. The van der Waals surface area contributed by atoms with Crippen LogP contribution in [-0.4, -0.2) is 16.8 Å². The van der Waals surface area contributed by atoms with Crippen molar-refractivity contribution in [3.8, 4) is 33.4 Å². The lowest BCUT2D eigenvalue weighted by Gasteiger charge is -2.23. The molecular weight excluding hydrogens is 633 g/mol. The zero-order valence-corrected chi connectivity index (χ0v) is 29.2. The maximum atomic E-state index is 9.88. The second-order valence-corrected chi connectivity index (χ2v) is 15.4. The first-order valence-corrected chi connectivity index (χ1v) is 18.3. The molecule has 0 heterocycles. The standard InChI is InChI=1S/C50H36O2/c1-50(2)44-25-32(38-13-7-30-3-5-34-21-28(19-20-51)22-36-11-17-42(38)48(30)46(34)36)9-15-40(44)41-16-10-33(26-45(41)50)39-14-8-31-4-6-35-23-29(27-52)24-37-12-18-43(39)49(31)47(35)37/h3-18,21-26,51-52H,19-20,27H2,1-2H3. The van der Waals surface area contributed by atoms with Crippen LogP contribution in [0.4, 0.5) is 0 Å². The van der Waals surface area contributed by atoms with E-state index in [1.807, 2.05) is 0 Å².